The summed E-state index contributed by atoms with van der Waals surface area (Å²) in [6.07, 6.45) is 0. The first kappa shape index (κ1) is 34.5. The minimum atomic E-state index is 0.582. The van der Waals surface area contributed by atoms with E-state index in [1.165, 1.54) is 41.7 Å². The number of hydrogen-bond acceptors (Lipinski definition) is 5. The minimum Gasteiger partial charge on any atom is -0.455 e. The van der Waals surface area contributed by atoms with Crippen molar-refractivity contribution in [2.75, 3.05) is 0 Å². The molecule has 0 bridgehead atoms. The molecule has 63 heavy (non-hydrogen) atoms. The molecule has 0 unspecified atom stereocenters. The van der Waals surface area contributed by atoms with Crippen LogP contribution < -0.4 is 0 Å². The summed E-state index contributed by atoms with van der Waals surface area (Å²) in [6.45, 7) is 0. The molecule has 292 valence electrons. The monoisotopic (exact) mass is 820 g/mol. The van der Waals surface area contributed by atoms with Crippen molar-refractivity contribution in [3.8, 4) is 39.9 Å². The summed E-state index contributed by atoms with van der Waals surface area (Å²) >= 11 is 1.80. The van der Waals surface area contributed by atoms with E-state index in [9.17, 15) is 0 Å². The lowest BCUT2D eigenvalue weighted by atomic mass is 10.0. The molecule has 0 radical (unpaired) electrons. The highest BCUT2D eigenvalue weighted by Gasteiger charge is 2.23. The van der Waals surface area contributed by atoms with Gasteiger partial charge < -0.3 is 8.98 Å². The van der Waals surface area contributed by atoms with Gasteiger partial charge in [-0.1, -0.05) is 140 Å². The number of thiophene rings is 1. The van der Waals surface area contributed by atoms with E-state index in [0.717, 1.165) is 76.9 Å². The number of fused-ring (bicyclic) bond motifs is 13. The van der Waals surface area contributed by atoms with Crippen molar-refractivity contribution in [2.45, 2.75) is 0 Å². The fourth-order valence-electron chi connectivity index (χ4n) is 9.77. The highest BCUT2D eigenvalue weighted by Crippen LogP contribution is 2.43. The summed E-state index contributed by atoms with van der Waals surface area (Å²) < 4.78 is 11.7. The lowest BCUT2D eigenvalue weighted by molar-refractivity contribution is 0.672. The fourth-order valence-corrected chi connectivity index (χ4v) is 10.9. The first-order valence-electron chi connectivity index (χ1n) is 21.2. The average Bonchev–Trinajstić information content (AvgIpc) is 4.01. The molecular formula is C57H32N4OS. The maximum atomic E-state index is 6.92. The maximum absolute atomic E-state index is 6.92. The Hall–Kier alpha value is -8.19. The molecule has 4 aromatic heterocycles. The van der Waals surface area contributed by atoms with E-state index < -0.39 is 0 Å². The van der Waals surface area contributed by atoms with Gasteiger partial charge in [0.25, 0.3) is 0 Å². The van der Waals surface area contributed by atoms with Crippen LogP contribution in [0.3, 0.4) is 0 Å². The number of furan rings is 1. The Morgan fingerprint density at radius 3 is 1.81 bits per heavy atom. The van der Waals surface area contributed by atoms with Crippen LogP contribution >= 0.6 is 11.3 Å². The van der Waals surface area contributed by atoms with Gasteiger partial charge in [-0.05, 0) is 75.5 Å². The van der Waals surface area contributed by atoms with Crippen LogP contribution in [0.15, 0.2) is 199 Å². The number of hydrogen-bond donors (Lipinski definition) is 0. The molecule has 4 heterocycles. The summed E-state index contributed by atoms with van der Waals surface area (Å²) in [7, 11) is 0. The van der Waals surface area contributed by atoms with E-state index in [4.69, 9.17) is 19.4 Å². The Bertz CT molecular complexity index is 4230. The molecule has 0 atom stereocenters. The van der Waals surface area contributed by atoms with Crippen LogP contribution in [0.1, 0.15) is 0 Å². The molecule has 0 spiro atoms. The van der Waals surface area contributed by atoms with Gasteiger partial charge >= 0.3 is 0 Å². The summed E-state index contributed by atoms with van der Waals surface area (Å²) in [4.78, 5) is 16.2. The molecule has 0 aliphatic rings. The Morgan fingerprint density at radius 2 is 0.968 bits per heavy atom. The predicted octanol–water partition coefficient (Wildman–Crippen LogP) is 15.7. The molecule has 0 N–H and O–H groups in total. The van der Waals surface area contributed by atoms with E-state index >= 15 is 0 Å². The van der Waals surface area contributed by atoms with Crippen molar-refractivity contribution in [3.63, 3.8) is 0 Å². The molecule has 0 saturated heterocycles. The zero-order chi connectivity index (χ0) is 41.2. The van der Waals surface area contributed by atoms with Crippen LogP contribution in [0.2, 0.25) is 0 Å². The van der Waals surface area contributed by atoms with Crippen molar-refractivity contribution in [2.24, 2.45) is 0 Å². The quantitative estimate of drug-likeness (QED) is 0.177. The number of aromatic nitrogens is 4. The number of para-hydroxylation sites is 1. The van der Waals surface area contributed by atoms with E-state index in [-0.39, 0.29) is 0 Å². The molecule has 0 amide bonds. The molecule has 6 heteroatoms. The smallest absolute Gasteiger partial charge is 0.166 e. The van der Waals surface area contributed by atoms with Crippen molar-refractivity contribution >= 4 is 108 Å². The molecule has 0 fully saturated rings. The van der Waals surface area contributed by atoms with E-state index in [0.29, 0.717) is 17.5 Å². The topological polar surface area (TPSA) is 56.7 Å². The summed E-state index contributed by atoms with van der Waals surface area (Å²) in [5.41, 5.74) is 7.51. The Labute approximate surface area is 363 Å². The highest BCUT2D eigenvalue weighted by atomic mass is 32.1. The average molecular weight is 821 g/mol. The third-order valence-corrected chi connectivity index (χ3v) is 13.9. The standard InChI is InChI=1S/C57H32N4OS/c1-2-13-35-27-38(22-21-33(35)11-1)55-58-56(39-24-25-43-42-18-8-10-20-52(42)63-53(43)30-39)60-57(59-55)47-31-46-44-26-23-34-12-5-6-16-40(34)54(44)62-51(46)32-50(47)61-48-19-9-7-17-41(48)45-28-36-14-3-4-15-37(36)29-49(45)61/h1-32H. The molecule has 10 aromatic carbocycles. The van der Waals surface area contributed by atoms with Crippen molar-refractivity contribution in [3.05, 3.63) is 194 Å². The van der Waals surface area contributed by atoms with Gasteiger partial charge in [-0.15, -0.1) is 11.3 Å². The molecule has 14 aromatic rings. The van der Waals surface area contributed by atoms with E-state index in [1.54, 1.807) is 11.3 Å². The van der Waals surface area contributed by atoms with Crippen LogP contribution in [0, 0.1) is 0 Å². The van der Waals surface area contributed by atoms with Crippen LogP contribution in [-0.4, -0.2) is 19.5 Å². The Balaban J connectivity index is 1.10. The number of rotatable bonds is 4. The predicted molar refractivity (Wildman–Crippen MR) is 263 cm³/mol. The van der Waals surface area contributed by atoms with Gasteiger partial charge in [0, 0.05) is 69.9 Å². The van der Waals surface area contributed by atoms with E-state index in [2.05, 4.69) is 199 Å². The van der Waals surface area contributed by atoms with Gasteiger partial charge in [0.05, 0.1) is 16.7 Å². The van der Waals surface area contributed by atoms with Crippen LogP contribution in [0.25, 0.3) is 136 Å². The third kappa shape index (κ3) is 5.25. The maximum Gasteiger partial charge on any atom is 0.166 e. The number of nitrogens with zero attached hydrogens (tertiary/aromatic N) is 4. The molecule has 0 saturated carbocycles. The largest absolute Gasteiger partial charge is 0.455 e. The second-order valence-corrected chi connectivity index (χ2v) is 17.5. The zero-order valence-corrected chi connectivity index (χ0v) is 34.4. The summed E-state index contributed by atoms with van der Waals surface area (Å²) in [5.74, 6) is 1.81. The Kier molecular flexibility index (Phi) is 7.21. The SMILES string of the molecule is c1ccc2cc(-c3nc(-c4ccc5c(c4)sc4ccccc45)nc(-c4cc5c(cc4-n4c6ccccc6c6cc7ccccc7cc64)oc4c6ccccc6ccc54)n3)ccc2c1. The second-order valence-electron chi connectivity index (χ2n) is 16.4. The van der Waals surface area contributed by atoms with Crippen LogP contribution in [0.4, 0.5) is 0 Å². The first-order valence-corrected chi connectivity index (χ1v) is 22.0. The molecule has 0 aliphatic carbocycles. The second kappa shape index (κ2) is 13.2. The van der Waals surface area contributed by atoms with Crippen LogP contribution in [-0.2, 0) is 0 Å². The fraction of sp³-hybridized carbons (Fsp3) is 0. The number of benzene rings is 10. The van der Waals surface area contributed by atoms with Gasteiger partial charge in [0.15, 0.2) is 17.5 Å². The van der Waals surface area contributed by atoms with Gasteiger partial charge in [0.1, 0.15) is 11.2 Å². The summed E-state index contributed by atoms with van der Waals surface area (Å²) in [5, 5.41) is 13.8. The lowest BCUT2D eigenvalue weighted by Crippen LogP contribution is -2.04. The summed E-state index contributed by atoms with van der Waals surface area (Å²) in [6, 6.07) is 69.2. The van der Waals surface area contributed by atoms with Gasteiger partial charge in [-0.25, -0.2) is 15.0 Å². The molecule has 14 rings (SSSR count). The van der Waals surface area contributed by atoms with Gasteiger partial charge in [0.2, 0.25) is 0 Å². The zero-order valence-electron chi connectivity index (χ0n) is 33.6. The van der Waals surface area contributed by atoms with Crippen molar-refractivity contribution < 1.29 is 4.42 Å². The molecular weight excluding hydrogens is 789 g/mol. The van der Waals surface area contributed by atoms with Crippen molar-refractivity contribution in [1.29, 1.82) is 0 Å². The lowest BCUT2D eigenvalue weighted by Gasteiger charge is -2.15. The molecule has 5 nitrogen and oxygen atoms in total. The van der Waals surface area contributed by atoms with Crippen molar-refractivity contribution in [1.82, 2.24) is 19.5 Å². The molecule has 0 aliphatic heterocycles. The third-order valence-electron chi connectivity index (χ3n) is 12.8. The normalized spacial score (nSPS) is 12.1. The van der Waals surface area contributed by atoms with Gasteiger partial charge in [-0.3, -0.25) is 0 Å². The van der Waals surface area contributed by atoms with Gasteiger partial charge in [-0.2, -0.15) is 0 Å². The van der Waals surface area contributed by atoms with E-state index in [1.807, 2.05) is 0 Å². The Morgan fingerprint density at radius 1 is 0.365 bits per heavy atom. The minimum absolute atomic E-state index is 0.582. The first-order chi connectivity index (χ1) is 31.2. The van der Waals surface area contributed by atoms with Crippen LogP contribution in [0.5, 0.6) is 0 Å². The highest BCUT2D eigenvalue weighted by molar-refractivity contribution is 7.25.